The maximum atomic E-state index is 12.1. The maximum Gasteiger partial charge on any atom is 0.264 e. The summed E-state index contributed by atoms with van der Waals surface area (Å²) in [6.07, 6.45) is 5.77. The molecule has 0 radical (unpaired) electrons. The fourth-order valence-corrected chi connectivity index (χ4v) is 5.40. The minimum Gasteiger partial charge on any atom is -0.0465 e. The molecule has 2 unspecified atom stereocenters. The Labute approximate surface area is 86.8 Å². The number of nitroso groups, excluding NO2 is 1. The van der Waals surface area contributed by atoms with Crippen molar-refractivity contribution in [3.8, 4) is 0 Å². The Morgan fingerprint density at radius 1 is 1.23 bits per heavy atom. The van der Waals surface area contributed by atoms with E-state index in [1.807, 2.05) is 0 Å². The Morgan fingerprint density at radius 3 is 2.23 bits per heavy atom. The second-order valence-corrected chi connectivity index (χ2v) is 6.97. The van der Waals surface area contributed by atoms with Gasteiger partial charge in [-0.1, -0.05) is 0 Å². The standard InChI is InChI=1S/C10H15BrNO/c1-9-3-7-2-8(4-9)6-10(11,5-7)12(9)13/h7-8H,2-6H2,1H3/q+1/t7-,8+,9?,10?. The second-order valence-electron chi connectivity index (χ2n) is 5.49. The highest BCUT2D eigenvalue weighted by atomic mass is 79.9. The van der Waals surface area contributed by atoms with E-state index < -0.39 is 0 Å². The summed E-state index contributed by atoms with van der Waals surface area (Å²) in [5.41, 5.74) is -0.0480. The van der Waals surface area contributed by atoms with Crippen LogP contribution >= 0.6 is 15.9 Å². The first-order valence-electron chi connectivity index (χ1n) is 5.18. The summed E-state index contributed by atoms with van der Waals surface area (Å²) >= 11 is 3.67. The van der Waals surface area contributed by atoms with E-state index in [1.165, 1.54) is 11.2 Å². The topological polar surface area (TPSA) is 20.1 Å². The fraction of sp³-hybridized carbons (Fsp3) is 1.00. The van der Waals surface area contributed by atoms with Gasteiger partial charge in [0.25, 0.3) is 4.45 Å². The number of hydrogen-bond acceptors (Lipinski definition) is 1. The monoisotopic (exact) mass is 244 g/mol. The number of hydrogen-bond donors (Lipinski definition) is 0. The highest BCUT2D eigenvalue weighted by Crippen LogP contribution is 2.59. The molecule has 4 fully saturated rings. The van der Waals surface area contributed by atoms with Crippen molar-refractivity contribution >= 4 is 15.9 Å². The van der Waals surface area contributed by atoms with Crippen LogP contribution in [0.4, 0.5) is 0 Å². The first-order chi connectivity index (χ1) is 6.02. The molecule has 2 heterocycles. The molecule has 72 valence electrons. The quantitative estimate of drug-likeness (QED) is 0.365. The summed E-state index contributed by atoms with van der Waals surface area (Å²) in [7, 11) is 0. The van der Waals surface area contributed by atoms with E-state index in [1.54, 1.807) is 0 Å². The third-order valence-electron chi connectivity index (χ3n) is 4.18. The average Bonchev–Trinajstić information content (AvgIpc) is 1.97. The Bertz CT molecular complexity index is 251. The van der Waals surface area contributed by atoms with Crippen LogP contribution in [0.5, 0.6) is 0 Å². The van der Waals surface area contributed by atoms with Gasteiger partial charge in [0.2, 0.25) is 5.54 Å². The minimum atomic E-state index is -0.189. The molecule has 2 aliphatic carbocycles. The van der Waals surface area contributed by atoms with E-state index in [4.69, 9.17) is 0 Å². The van der Waals surface area contributed by atoms with Crippen LogP contribution in [0, 0.1) is 16.7 Å². The van der Waals surface area contributed by atoms with Crippen LogP contribution in [0.25, 0.3) is 0 Å². The smallest absolute Gasteiger partial charge is 0.0465 e. The summed E-state index contributed by atoms with van der Waals surface area (Å²) in [6.45, 7) is 2.15. The van der Waals surface area contributed by atoms with Gasteiger partial charge in [0.05, 0.1) is 0 Å². The highest BCUT2D eigenvalue weighted by Gasteiger charge is 2.67. The fourth-order valence-electron chi connectivity index (χ4n) is 4.06. The zero-order valence-electron chi connectivity index (χ0n) is 7.92. The average molecular weight is 245 g/mol. The number of rotatable bonds is 0. The molecule has 2 saturated carbocycles. The van der Waals surface area contributed by atoms with Gasteiger partial charge in [-0.05, 0) is 34.2 Å². The summed E-state index contributed by atoms with van der Waals surface area (Å²) < 4.78 is 1.18. The molecule has 0 aromatic carbocycles. The lowest BCUT2D eigenvalue weighted by Gasteiger charge is -2.51. The van der Waals surface area contributed by atoms with Gasteiger partial charge in [0.15, 0.2) is 0 Å². The molecule has 0 N–H and O–H groups in total. The Morgan fingerprint density at radius 2 is 1.77 bits per heavy atom. The molecule has 2 saturated heterocycles. The molecule has 0 amide bonds. The molecule has 0 aromatic rings. The van der Waals surface area contributed by atoms with Crippen LogP contribution in [0.15, 0.2) is 0 Å². The van der Waals surface area contributed by atoms with Gasteiger partial charge >= 0.3 is 0 Å². The van der Waals surface area contributed by atoms with E-state index >= 15 is 0 Å². The lowest BCUT2D eigenvalue weighted by Crippen LogP contribution is -2.63. The first kappa shape index (κ1) is 8.39. The third kappa shape index (κ3) is 0.943. The first-order valence-corrected chi connectivity index (χ1v) is 5.98. The zero-order chi connectivity index (χ0) is 9.27. The number of nitrogens with zero attached hydrogens (tertiary/aromatic N) is 1. The number of halogens is 1. The summed E-state index contributed by atoms with van der Waals surface area (Å²) in [5, 5.41) is 0. The largest absolute Gasteiger partial charge is 0.264 e. The van der Waals surface area contributed by atoms with Crippen molar-refractivity contribution < 1.29 is 4.76 Å². The predicted octanol–water partition coefficient (Wildman–Crippen LogP) is 2.84. The maximum absolute atomic E-state index is 12.1. The van der Waals surface area contributed by atoms with Gasteiger partial charge in [0.1, 0.15) is 0 Å². The van der Waals surface area contributed by atoms with Gasteiger partial charge in [-0.3, -0.25) is 0 Å². The number of piperidine rings is 2. The summed E-state index contributed by atoms with van der Waals surface area (Å²) in [5.74, 6) is 1.61. The summed E-state index contributed by atoms with van der Waals surface area (Å²) in [6, 6.07) is 0. The van der Waals surface area contributed by atoms with Gasteiger partial charge in [-0.2, -0.15) is 0 Å². The van der Waals surface area contributed by atoms with Crippen molar-refractivity contribution in [2.24, 2.45) is 11.8 Å². The molecule has 4 bridgehead atoms. The molecule has 2 aliphatic heterocycles. The second kappa shape index (κ2) is 2.18. The minimum absolute atomic E-state index is 0.0480. The van der Waals surface area contributed by atoms with Gasteiger partial charge < -0.3 is 0 Å². The van der Waals surface area contributed by atoms with Crippen LogP contribution in [0.3, 0.4) is 0 Å². The van der Waals surface area contributed by atoms with Gasteiger partial charge in [-0.25, -0.2) is 0 Å². The van der Waals surface area contributed by atoms with E-state index in [2.05, 4.69) is 22.9 Å². The lowest BCUT2D eigenvalue weighted by atomic mass is 9.59. The predicted molar refractivity (Wildman–Crippen MR) is 53.8 cm³/mol. The zero-order valence-corrected chi connectivity index (χ0v) is 9.51. The van der Waals surface area contributed by atoms with Crippen molar-refractivity contribution in [3.05, 3.63) is 4.91 Å². The molecular formula is C10H15BrNO+. The normalized spacial score (nSPS) is 58.8. The van der Waals surface area contributed by atoms with Crippen molar-refractivity contribution in [1.29, 1.82) is 0 Å². The summed E-state index contributed by atoms with van der Waals surface area (Å²) in [4.78, 5) is 12.1. The molecule has 3 heteroatoms. The van der Waals surface area contributed by atoms with Crippen LogP contribution in [-0.4, -0.2) is 14.7 Å². The molecule has 4 rings (SSSR count). The molecule has 0 aromatic heterocycles. The molecule has 4 atom stereocenters. The molecule has 0 spiro atoms. The van der Waals surface area contributed by atoms with Crippen LogP contribution < -0.4 is 0 Å². The molecule has 2 nitrogen and oxygen atoms in total. The highest BCUT2D eigenvalue weighted by molar-refractivity contribution is 9.10. The van der Waals surface area contributed by atoms with Gasteiger partial charge in [-0.15, -0.1) is 0 Å². The van der Waals surface area contributed by atoms with Crippen molar-refractivity contribution in [3.63, 3.8) is 0 Å². The van der Waals surface area contributed by atoms with E-state index in [9.17, 15) is 4.91 Å². The van der Waals surface area contributed by atoms with E-state index in [0.717, 1.165) is 37.5 Å². The molecule has 4 aliphatic rings. The Balaban J connectivity index is 2.08. The number of alkyl halides is 1. The van der Waals surface area contributed by atoms with Crippen LogP contribution in [-0.2, 0) is 0 Å². The molecular weight excluding hydrogens is 230 g/mol. The molecule has 13 heavy (non-hydrogen) atoms. The Kier molecular flexibility index (Phi) is 1.41. The lowest BCUT2D eigenvalue weighted by molar-refractivity contribution is -0.699. The van der Waals surface area contributed by atoms with Gasteiger partial charge in [0, 0.05) is 42.3 Å². The SMILES string of the molecule is CC12C[C@H]3C[C@@H](C1)CC(Br)(C3)[N+]2=O. The van der Waals surface area contributed by atoms with Crippen LogP contribution in [0.2, 0.25) is 0 Å². The van der Waals surface area contributed by atoms with Crippen molar-refractivity contribution in [1.82, 2.24) is 0 Å². The van der Waals surface area contributed by atoms with E-state index in [-0.39, 0.29) is 9.99 Å². The van der Waals surface area contributed by atoms with E-state index in [0.29, 0.717) is 0 Å². The third-order valence-corrected chi connectivity index (χ3v) is 5.15. The van der Waals surface area contributed by atoms with Crippen molar-refractivity contribution in [2.45, 2.75) is 49.0 Å². The van der Waals surface area contributed by atoms with Crippen LogP contribution in [0.1, 0.15) is 39.0 Å². The Hall–Kier alpha value is 0.0800. The van der Waals surface area contributed by atoms with Crippen molar-refractivity contribution in [2.75, 3.05) is 0 Å².